The number of guanidine groups is 2. The lowest BCUT2D eigenvalue weighted by atomic mass is 10.2. The molecular weight excluding hydrogens is 328 g/mol. The summed E-state index contributed by atoms with van der Waals surface area (Å²) in [6.07, 6.45) is 0.318. The molecule has 0 rings (SSSR count). The average molecular weight is 352 g/mol. The number of carboxylic acid groups (broad SMARTS) is 2. The van der Waals surface area contributed by atoms with E-state index in [9.17, 15) is 9.59 Å². The molecule has 0 aromatic carbocycles. The van der Waals surface area contributed by atoms with E-state index in [0.717, 1.165) is 0 Å². The fourth-order valence-electron chi connectivity index (χ4n) is 0.847. The Kier molecular flexibility index (Phi) is 13.2. The molecule has 0 fully saturated rings. The number of rotatable bonds is 10. The molecule has 0 saturated carbocycles. The van der Waals surface area contributed by atoms with E-state index in [0.29, 0.717) is 0 Å². The van der Waals surface area contributed by atoms with Gasteiger partial charge in [0.1, 0.15) is 25.3 Å². The third-order valence-electron chi connectivity index (χ3n) is 2.01. The van der Waals surface area contributed by atoms with Crippen molar-refractivity contribution < 1.29 is 29.5 Å². The molecule has 0 radical (unpaired) electrons. The van der Waals surface area contributed by atoms with Crippen LogP contribution in [0.5, 0.6) is 0 Å². The van der Waals surface area contributed by atoms with Gasteiger partial charge in [-0.25, -0.2) is 0 Å². The van der Waals surface area contributed by atoms with Gasteiger partial charge in [-0.05, 0) is 10.3 Å². The van der Waals surface area contributed by atoms with E-state index in [2.05, 4.69) is 20.0 Å². The minimum Gasteiger partial charge on any atom is -0.480 e. The second kappa shape index (κ2) is 13.6. The number of hydrogen-bond donors (Lipinski definition) is 8. The summed E-state index contributed by atoms with van der Waals surface area (Å²) in [5.74, 6) is -2.58. The van der Waals surface area contributed by atoms with Crippen LogP contribution >= 0.6 is 0 Å². The molecule has 140 valence electrons. The molecule has 14 N–H and O–H groups in total. The first-order chi connectivity index (χ1) is 11.1. The van der Waals surface area contributed by atoms with Crippen molar-refractivity contribution in [1.82, 2.24) is 0 Å². The molecule has 0 aliphatic carbocycles. The van der Waals surface area contributed by atoms with Crippen LogP contribution in [0.4, 0.5) is 0 Å². The van der Waals surface area contributed by atoms with Crippen LogP contribution in [0, 0.1) is 0 Å². The van der Waals surface area contributed by atoms with E-state index < -0.39 is 24.0 Å². The largest absolute Gasteiger partial charge is 0.480 e. The summed E-state index contributed by atoms with van der Waals surface area (Å²) in [5, 5.41) is 23.0. The van der Waals surface area contributed by atoms with Gasteiger partial charge in [-0.2, -0.15) is 0 Å². The van der Waals surface area contributed by atoms with Crippen molar-refractivity contribution in [2.45, 2.75) is 24.9 Å². The van der Waals surface area contributed by atoms with Gasteiger partial charge >= 0.3 is 11.9 Å². The summed E-state index contributed by atoms with van der Waals surface area (Å²) >= 11 is 0. The summed E-state index contributed by atoms with van der Waals surface area (Å²) < 4.78 is 0. The molecule has 0 aliphatic rings. The molecule has 0 saturated heterocycles. The van der Waals surface area contributed by atoms with Gasteiger partial charge in [0.05, 0.1) is 0 Å². The minimum absolute atomic E-state index is 0.0748. The van der Waals surface area contributed by atoms with E-state index in [1.807, 2.05) is 0 Å². The van der Waals surface area contributed by atoms with Crippen LogP contribution in [-0.2, 0) is 19.3 Å². The number of hydrogen-bond acceptors (Lipinski definition) is 8. The van der Waals surface area contributed by atoms with Gasteiger partial charge in [0, 0.05) is 12.8 Å². The van der Waals surface area contributed by atoms with E-state index in [1.54, 1.807) is 0 Å². The van der Waals surface area contributed by atoms with Crippen molar-refractivity contribution in [2.75, 3.05) is 13.2 Å². The van der Waals surface area contributed by atoms with E-state index >= 15 is 0 Å². The Morgan fingerprint density at radius 3 is 1.29 bits per heavy atom. The van der Waals surface area contributed by atoms with Crippen molar-refractivity contribution in [3.63, 3.8) is 0 Å². The normalized spacial score (nSPS) is 11.8. The zero-order valence-corrected chi connectivity index (χ0v) is 12.9. The number of oxime groups is 2. The SMILES string of the molecule is NC(N)=NOCCC(N)C(=O)O.NC(N)=NOCCC(N)C(=O)O. The molecule has 0 amide bonds. The van der Waals surface area contributed by atoms with Gasteiger partial charge < -0.3 is 54.3 Å². The first-order valence-electron chi connectivity index (χ1n) is 6.46. The third kappa shape index (κ3) is 17.1. The number of aliphatic carboxylic acids is 2. The Hall–Kier alpha value is -3.00. The molecule has 0 aromatic rings. The zero-order chi connectivity index (χ0) is 19.1. The number of nitrogens with zero attached hydrogens (tertiary/aromatic N) is 2. The lowest BCUT2D eigenvalue weighted by molar-refractivity contribution is -0.139. The standard InChI is InChI=1S/2C5H12N4O3/c2*6-3(4(10)11)1-2-12-9-5(7)8/h2*3H,1-2,6H2,(H,10,11)(H4,7,8,9). The van der Waals surface area contributed by atoms with Crippen molar-refractivity contribution in [3.05, 3.63) is 0 Å². The molecule has 0 heterocycles. The van der Waals surface area contributed by atoms with Gasteiger partial charge in [-0.1, -0.05) is 0 Å². The molecule has 0 aliphatic heterocycles. The van der Waals surface area contributed by atoms with Crippen molar-refractivity contribution in [1.29, 1.82) is 0 Å². The topological polar surface area (TPSA) is 274 Å². The van der Waals surface area contributed by atoms with E-state index in [-0.39, 0.29) is 38.0 Å². The number of carboxylic acids is 2. The summed E-state index contributed by atoms with van der Waals surface area (Å²) in [6.45, 7) is 0.150. The molecule has 0 bridgehead atoms. The molecule has 2 atom stereocenters. The van der Waals surface area contributed by atoms with Crippen molar-refractivity contribution >= 4 is 23.9 Å². The fourth-order valence-corrected chi connectivity index (χ4v) is 0.847. The summed E-state index contributed by atoms with van der Waals surface area (Å²) in [7, 11) is 0. The molecule has 0 aromatic heterocycles. The van der Waals surface area contributed by atoms with Crippen molar-refractivity contribution in [2.24, 2.45) is 44.7 Å². The number of carbonyl (C=O) groups is 2. The van der Waals surface area contributed by atoms with E-state index in [4.69, 9.17) is 44.6 Å². The Balaban J connectivity index is 0. The first kappa shape index (κ1) is 23.3. The highest BCUT2D eigenvalue weighted by molar-refractivity contribution is 5.75. The van der Waals surface area contributed by atoms with Gasteiger partial charge in [0.25, 0.3) is 0 Å². The predicted octanol–water partition coefficient (Wildman–Crippen LogP) is -4.01. The Bertz CT molecular complexity index is 395. The molecular formula is C10H24N8O6. The maximum Gasteiger partial charge on any atom is 0.320 e. The minimum atomic E-state index is -1.08. The average Bonchev–Trinajstić information content (AvgIpc) is 2.47. The Morgan fingerprint density at radius 1 is 0.792 bits per heavy atom. The zero-order valence-electron chi connectivity index (χ0n) is 12.9. The van der Waals surface area contributed by atoms with E-state index in [1.165, 1.54) is 0 Å². The smallest absolute Gasteiger partial charge is 0.320 e. The van der Waals surface area contributed by atoms with Gasteiger partial charge in [0.2, 0.25) is 11.9 Å². The van der Waals surface area contributed by atoms with Gasteiger partial charge in [-0.3, -0.25) is 9.59 Å². The second-order valence-electron chi connectivity index (χ2n) is 4.17. The third-order valence-corrected chi connectivity index (χ3v) is 2.01. The molecule has 14 nitrogen and oxygen atoms in total. The van der Waals surface area contributed by atoms with Crippen LogP contribution in [-0.4, -0.2) is 59.4 Å². The molecule has 14 heteroatoms. The van der Waals surface area contributed by atoms with Crippen LogP contribution in [0.2, 0.25) is 0 Å². The van der Waals surface area contributed by atoms with Crippen LogP contribution < -0.4 is 34.4 Å². The maximum atomic E-state index is 10.2. The Labute approximate surface area is 137 Å². The predicted molar refractivity (Wildman–Crippen MR) is 84.0 cm³/mol. The quantitative estimate of drug-likeness (QED) is 0.0807. The summed E-state index contributed by atoms with van der Waals surface area (Å²) in [6, 6.07) is -1.89. The maximum absolute atomic E-state index is 10.2. The number of nitrogens with two attached hydrogens (primary N) is 6. The van der Waals surface area contributed by atoms with Crippen molar-refractivity contribution in [3.8, 4) is 0 Å². The fraction of sp³-hybridized carbons (Fsp3) is 0.600. The lowest BCUT2D eigenvalue weighted by Crippen LogP contribution is -2.31. The van der Waals surface area contributed by atoms with Crippen LogP contribution in [0.15, 0.2) is 10.3 Å². The molecule has 24 heavy (non-hydrogen) atoms. The highest BCUT2D eigenvalue weighted by atomic mass is 16.6. The second-order valence-corrected chi connectivity index (χ2v) is 4.17. The van der Waals surface area contributed by atoms with Gasteiger partial charge in [0.15, 0.2) is 0 Å². The highest BCUT2D eigenvalue weighted by Crippen LogP contribution is 1.90. The monoisotopic (exact) mass is 352 g/mol. The lowest BCUT2D eigenvalue weighted by Gasteiger charge is -2.03. The van der Waals surface area contributed by atoms with Crippen LogP contribution in [0.3, 0.4) is 0 Å². The van der Waals surface area contributed by atoms with Crippen LogP contribution in [0.1, 0.15) is 12.8 Å². The summed E-state index contributed by atoms with van der Waals surface area (Å²) in [5.41, 5.74) is 30.0. The first-order valence-corrected chi connectivity index (χ1v) is 6.46. The van der Waals surface area contributed by atoms with Gasteiger partial charge in [-0.15, -0.1) is 0 Å². The van der Waals surface area contributed by atoms with Crippen LogP contribution in [0.25, 0.3) is 0 Å². The summed E-state index contributed by atoms with van der Waals surface area (Å²) in [4.78, 5) is 29.3. The highest BCUT2D eigenvalue weighted by Gasteiger charge is 2.11. The molecule has 2 unspecified atom stereocenters. The Morgan fingerprint density at radius 2 is 1.08 bits per heavy atom. The molecule has 0 spiro atoms.